The molecular weight excluding hydrogens is 392 g/mol. The monoisotopic (exact) mass is 420 g/mol. The summed E-state index contributed by atoms with van der Waals surface area (Å²) in [4.78, 5) is 16.7. The normalized spacial score (nSPS) is 16.7. The van der Waals surface area contributed by atoms with Crippen LogP contribution in [0.5, 0.6) is 5.75 Å². The highest BCUT2D eigenvalue weighted by atomic mass is 16.5. The van der Waals surface area contributed by atoms with E-state index in [1.54, 1.807) is 0 Å². The molecule has 8 nitrogen and oxygen atoms in total. The number of carbonyl (C=O) groups excluding carboxylic acids is 1. The van der Waals surface area contributed by atoms with Gasteiger partial charge in [0, 0.05) is 50.1 Å². The van der Waals surface area contributed by atoms with Crippen LogP contribution in [-0.2, 0) is 13.0 Å². The molecule has 0 saturated carbocycles. The van der Waals surface area contributed by atoms with Crippen LogP contribution in [0.3, 0.4) is 0 Å². The van der Waals surface area contributed by atoms with E-state index in [9.17, 15) is 4.79 Å². The summed E-state index contributed by atoms with van der Waals surface area (Å²) < 4.78 is 6.15. The zero-order valence-electron chi connectivity index (χ0n) is 17.4. The number of hydrogen-bond acceptors (Lipinski definition) is 4. The van der Waals surface area contributed by atoms with E-state index in [1.807, 2.05) is 52.3 Å². The standard InChI is InChI=1S/C23H28N6O2/c24-21(25)16-3-1-15(2-4-16)14-29-10-7-17-13-19(5-6-20(17)22(29)30)31-18-8-11-28(12-9-18)23(26)27/h1-6,13,18H,7-12,14H2,(H3,24,25)(H3,26,27). The van der Waals surface area contributed by atoms with Gasteiger partial charge in [0.2, 0.25) is 0 Å². The lowest BCUT2D eigenvalue weighted by molar-refractivity contribution is 0.0726. The van der Waals surface area contributed by atoms with Crippen molar-refractivity contribution >= 4 is 17.7 Å². The molecule has 0 unspecified atom stereocenters. The molecule has 0 aromatic heterocycles. The van der Waals surface area contributed by atoms with Gasteiger partial charge in [0.15, 0.2) is 5.96 Å². The number of nitrogens with one attached hydrogen (secondary N) is 2. The summed E-state index contributed by atoms with van der Waals surface area (Å²) in [6.07, 6.45) is 2.53. The molecule has 1 amide bonds. The van der Waals surface area contributed by atoms with E-state index in [0.717, 1.165) is 54.8 Å². The Bertz CT molecular complexity index is 996. The minimum absolute atomic E-state index is 0.0261. The van der Waals surface area contributed by atoms with E-state index >= 15 is 0 Å². The van der Waals surface area contributed by atoms with Gasteiger partial charge in [-0.25, -0.2) is 0 Å². The van der Waals surface area contributed by atoms with Crippen molar-refractivity contribution < 1.29 is 9.53 Å². The molecule has 1 fully saturated rings. The van der Waals surface area contributed by atoms with Gasteiger partial charge in [-0.05, 0) is 35.7 Å². The summed E-state index contributed by atoms with van der Waals surface area (Å²) >= 11 is 0. The predicted molar refractivity (Wildman–Crippen MR) is 119 cm³/mol. The molecule has 2 aromatic carbocycles. The second-order valence-electron chi connectivity index (χ2n) is 8.10. The van der Waals surface area contributed by atoms with Gasteiger partial charge in [-0.15, -0.1) is 0 Å². The number of nitrogens with two attached hydrogens (primary N) is 2. The van der Waals surface area contributed by atoms with E-state index in [-0.39, 0.29) is 23.8 Å². The van der Waals surface area contributed by atoms with E-state index in [4.69, 9.17) is 27.0 Å². The molecule has 8 heteroatoms. The molecule has 1 saturated heterocycles. The first-order valence-corrected chi connectivity index (χ1v) is 10.5. The van der Waals surface area contributed by atoms with Crippen LogP contribution in [0.25, 0.3) is 0 Å². The number of piperidine rings is 1. The van der Waals surface area contributed by atoms with Gasteiger partial charge in [-0.2, -0.15) is 0 Å². The van der Waals surface area contributed by atoms with Crippen LogP contribution in [0.15, 0.2) is 42.5 Å². The third-order valence-corrected chi connectivity index (χ3v) is 5.97. The maximum absolute atomic E-state index is 13.0. The number of benzene rings is 2. The lowest BCUT2D eigenvalue weighted by Crippen LogP contribution is -2.44. The molecule has 0 atom stereocenters. The summed E-state index contributed by atoms with van der Waals surface area (Å²) in [5.41, 5.74) is 14.5. The average molecular weight is 421 g/mol. The Labute approximate surface area is 181 Å². The van der Waals surface area contributed by atoms with Gasteiger partial charge in [0.05, 0.1) is 0 Å². The first kappa shape index (κ1) is 20.7. The Kier molecular flexibility index (Phi) is 5.79. The number of amidine groups is 1. The summed E-state index contributed by atoms with van der Waals surface area (Å²) in [6.45, 7) is 2.64. The SMILES string of the molecule is N=C(N)c1ccc(CN2CCc3cc(OC4CCN(C(=N)N)CC4)ccc3C2=O)cc1. The van der Waals surface area contributed by atoms with Crippen LogP contribution in [-0.4, -0.2) is 53.2 Å². The third-order valence-electron chi connectivity index (χ3n) is 5.97. The number of guanidine groups is 1. The summed E-state index contributed by atoms with van der Waals surface area (Å²) in [5.74, 6) is 0.973. The van der Waals surface area contributed by atoms with Gasteiger partial charge in [0.1, 0.15) is 17.7 Å². The van der Waals surface area contributed by atoms with Crippen LogP contribution in [0.1, 0.15) is 39.9 Å². The lowest BCUT2D eigenvalue weighted by Gasteiger charge is -2.33. The van der Waals surface area contributed by atoms with Crippen molar-refractivity contribution in [1.29, 1.82) is 10.8 Å². The van der Waals surface area contributed by atoms with Crippen molar-refractivity contribution in [3.63, 3.8) is 0 Å². The van der Waals surface area contributed by atoms with E-state index in [1.165, 1.54) is 0 Å². The zero-order valence-corrected chi connectivity index (χ0v) is 17.4. The molecule has 2 aromatic rings. The summed E-state index contributed by atoms with van der Waals surface area (Å²) in [7, 11) is 0. The highest BCUT2D eigenvalue weighted by Gasteiger charge is 2.26. The largest absolute Gasteiger partial charge is 0.490 e. The van der Waals surface area contributed by atoms with Crippen LogP contribution in [0.2, 0.25) is 0 Å². The first-order chi connectivity index (χ1) is 14.9. The molecule has 6 N–H and O–H groups in total. The van der Waals surface area contributed by atoms with Crippen LogP contribution in [0, 0.1) is 10.8 Å². The zero-order chi connectivity index (χ0) is 22.0. The Hall–Kier alpha value is -3.55. The lowest BCUT2D eigenvalue weighted by atomic mass is 9.98. The second kappa shape index (κ2) is 8.67. The number of hydrogen-bond donors (Lipinski definition) is 4. The molecular formula is C23H28N6O2. The van der Waals surface area contributed by atoms with Gasteiger partial charge < -0.3 is 26.0 Å². The van der Waals surface area contributed by atoms with Crippen molar-refractivity contribution in [2.75, 3.05) is 19.6 Å². The highest BCUT2D eigenvalue weighted by molar-refractivity contribution is 5.97. The highest BCUT2D eigenvalue weighted by Crippen LogP contribution is 2.27. The Morgan fingerprint density at radius 1 is 1.03 bits per heavy atom. The topological polar surface area (TPSA) is 133 Å². The Balaban J connectivity index is 1.38. The number of likely N-dealkylation sites (tertiary alicyclic amines) is 1. The molecule has 0 spiro atoms. The number of rotatable bonds is 5. The second-order valence-corrected chi connectivity index (χ2v) is 8.10. The molecule has 2 heterocycles. The number of carbonyl (C=O) groups is 1. The van der Waals surface area contributed by atoms with Gasteiger partial charge in [0.25, 0.3) is 5.91 Å². The van der Waals surface area contributed by atoms with Gasteiger partial charge in [-0.3, -0.25) is 15.6 Å². The number of nitrogens with zero attached hydrogens (tertiary/aromatic N) is 2. The fourth-order valence-electron chi connectivity index (χ4n) is 4.15. The maximum atomic E-state index is 13.0. The third kappa shape index (κ3) is 4.63. The van der Waals surface area contributed by atoms with E-state index in [2.05, 4.69) is 0 Å². The van der Waals surface area contributed by atoms with E-state index < -0.39 is 0 Å². The molecule has 2 aliphatic heterocycles. The van der Waals surface area contributed by atoms with Crippen molar-refractivity contribution in [2.24, 2.45) is 11.5 Å². The quantitative estimate of drug-likeness (QED) is 0.433. The molecule has 0 aliphatic carbocycles. The van der Waals surface area contributed by atoms with Crippen molar-refractivity contribution in [3.05, 3.63) is 64.7 Å². The number of ether oxygens (including phenoxy) is 1. The number of fused-ring (bicyclic) bond motifs is 1. The van der Waals surface area contributed by atoms with Crippen molar-refractivity contribution in [2.45, 2.75) is 31.9 Å². The molecule has 0 radical (unpaired) electrons. The maximum Gasteiger partial charge on any atom is 0.254 e. The molecule has 0 bridgehead atoms. The predicted octanol–water partition coefficient (Wildman–Crippen LogP) is 1.91. The molecule has 4 rings (SSSR count). The van der Waals surface area contributed by atoms with Crippen LogP contribution in [0.4, 0.5) is 0 Å². The first-order valence-electron chi connectivity index (χ1n) is 10.5. The molecule has 162 valence electrons. The summed E-state index contributed by atoms with van der Waals surface area (Å²) in [6, 6.07) is 13.2. The van der Waals surface area contributed by atoms with Crippen LogP contribution >= 0.6 is 0 Å². The summed E-state index contributed by atoms with van der Waals surface area (Å²) in [5, 5.41) is 15.0. The van der Waals surface area contributed by atoms with Gasteiger partial charge in [-0.1, -0.05) is 24.3 Å². The molecule has 2 aliphatic rings. The Morgan fingerprint density at radius 2 is 1.74 bits per heavy atom. The number of nitrogen functional groups attached to an aromatic ring is 1. The van der Waals surface area contributed by atoms with Crippen molar-refractivity contribution in [3.8, 4) is 5.75 Å². The fraction of sp³-hybridized carbons (Fsp3) is 0.348. The van der Waals surface area contributed by atoms with Crippen molar-refractivity contribution in [1.82, 2.24) is 9.80 Å². The fourth-order valence-corrected chi connectivity index (χ4v) is 4.15. The minimum atomic E-state index is 0.0261. The van der Waals surface area contributed by atoms with Gasteiger partial charge >= 0.3 is 0 Å². The molecule has 31 heavy (non-hydrogen) atoms. The minimum Gasteiger partial charge on any atom is -0.490 e. The Morgan fingerprint density at radius 3 is 2.39 bits per heavy atom. The average Bonchev–Trinajstić information content (AvgIpc) is 2.76. The van der Waals surface area contributed by atoms with Crippen LogP contribution < -0.4 is 16.2 Å². The smallest absolute Gasteiger partial charge is 0.254 e. The van der Waals surface area contributed by atoms with E-state index in [0.29, 0.717) is 18.7 Å². The number of amides is 1.